The largest absolute Gasteiger partial charge is 0.464 e. The summed E-state index contributed by atoms with van der Waals surface area (Å²) in [7, 11) is 1.31. The second-order valence-electron chi connectivity index (χ2n) is 4.53. The molecule has 0 spiro atoms. The molecule has 0 amide bonds. The van der Waals surface area contributed by atoms with Gasteiger partial charge >= 0.3 is 5.97 Å². The van der Waals surface area contributed by atoms with Gasteiger partial charge in [-0.1, -0.05) is 0 Å². The maximum absolute atomic E-state index is 11.4. The summed E-state index contributed by atoms with van der Waals surface area (Å²) in [6.45, 7) is 2.34. The highest BCUT2D eigenvalue weighted by Gasteiger charge is 2.12. The van der Waals surface area contributed by atoms with Crippen molar-refractivity contribution in [3.8, 4) is 0 Å². The molecule has 0 fully saturated rings. The molecule has 0 aliphatic rings. The van der Waals surface area contributed by atoms with Crippen molar-refractivity contribution in [3.05, 3.63) is 47.5 Å². The maximum Gasteiger partial charge on any atom is 0.360 e. The van der Waals surface area contributed by atoms with Gasteiger partial charge in [-0.15, -0.1) is 5.10 Å². The zero-order valence-corrected chi connectivity index (χ0v) is 11.6. The zero-order valence-electron chi connectivity index (χ0n) is 11.6. The fourth-order valence-electron chi connectivity index (χ4n) is 2.02. The lowest BCUT2D eigenvalue weighted by molar-refractivity contribution is 0.0593. The molecule has 106 valence electrons. The molecule has 21 heavy (non-hydrogen) atoms. The minimum absolute atomic E-state index is 0.186. The van der Waals surface area contributed by atoms with Crippen LogP contribution in [0.1, 0.15) is 21.7 Å². The number of esters is 1. The summed E-state index contributed by atoms with van der Waals surface area (Å²) in [6, 6.07) is 5.82. The van der Waals surface area contributed by atoms with Crippen LogP contribution in [0.4, 0.5) is 0 Å². The van der Waals surface area contributed by atoms with E-state index in [4.69, 9.17) is 0 Å². The first-order valence-corrected chi connectivity index (χ1v) is 6.37. The lowest BCUT2D eigenvalue weighted by Crippen LogP contribution is -2.08. The summed E-state index contributed by atoms with van der Waals surface area (Å²) in [5, 5.41) is 9.10. The van der Waals surface area contributed by atoms with E-state index in [1.807, 2.05) is 25.1 Å². The number of hydrogen-bond donors (Lipinski definition) is 0. The molecule has 0 radical (unpaired) electrons. The van der Waals surface area contributed by atoms with Crippen molar-refractivity contribution in [3.63, 3.8) is 0 Å². The Hall–Kier alpha value is -2.83. The normalized spacial score (nSPS) is 10.8. The van der Waals surface area contributed by atoms with Crippen molar-refractivity contribution >= 4 is 17.0 Å². The topological polar surface area (TPSA) is 82.8 Å². The molecule has 0 aliphatic carbocycles. The number of pyridine rings is 2. The Morgan fingerprint density at radius 3 is 3.10 bits per heavy atom. The Balaban J connectivity index is 1.92. The van der Waals surface area contributed by atoms with E-state index in [1.165, 1.54) is 18.1 Å². The van der Waals surface area contributed by atoms with Crippen LogP contribution in [0.15, 0.2) is 30.6 Å². The second-order valence-corrected chi connectivity index (χ2v) is 4.53. The molecule has 0 aromatic carbocycles. The Morgan fingerprint density at radius 1 is 1.43 bits per heavy atom. The summed E-state index contributed by atoms with van der Waals surface area (Å²) in [6.07, 6.45) is 3.10. The van der Waals surface area contributed by atoms with E-state index in [1.54, 1.807) is 6.20 Å². The third kappa shape index (κ3) is 2.58. The molecule has 0 saturated carbocycles. The van der Waals surface area contributed by atoms with Crippen LogP contribution in [0.2, 0.25) is 0 Å². The van der Waals surface area contributed by atoms with Crippen molar-refractivity contribution in [2.45, 2.75) is 13.5 Å². The van der Waals surface area contributed by atoms with Crippen LogP contribution in [-0.2, 0) is 11.3 Å². The van der Waals surface area contributed by atoms with E-state index in [2.05, 4.69) is 24.9 Å². The van der Waals surface area contributed by atoms with Gasteiger partial charge in [0, 0.05) is 17.3 Å². The van der Waals surface area contributed by atoms with Crippen LogP contribution in [0.5, 0.6) is 0 Å². The average Bonchev–Trinajstić information content (AvgIpc) is 2.96. The lowest BCUT2D eigenvalue weighted by Gasteiger charge is -2.06. The molecule has 0 aliphatic heterocycles. The van der Waals surface area contributed by atoms with Crippen LogP contribution >= 0.6 is 0 Å². The van der Waals surface area contributed by atoms with Crippen molar-refractivity contribution in [2.75, 3.05) is 7.11 Å². The quantitative estimate of drug-likeness (QED) is 0.675. The van der Waals surface area contributed by atoms with Crippen molar-refractivity contribution in [1.82, 2.24) is 25.0 Å². The summed E-state index contributed by atoms with van der Waals surface area (Å²) >= 11 is 0. The molecule has 7 nitrogen and oxygen atoms in total. The highest BCUT2D eigenvalue weighted by molar-refractivity contribution is 5.86. The third-order valence-electron chi connectivity index (χ3n) is 3.13. The SMILES string of the molecule is COC(=O)c1cnn(Cc2cc3cccnc3nc2C)n1. The third-order valence-corrected chi connectivity index (χ3v) is 3.13. The van der Waals surface area contributed by atoms with Gasteiger partial charge in [0.05, 0.1) is 19.9 Å². The number of aryl methyl sites for hydroxylation is 1. The molecular weight excluding hydrogens is 270 g/mol. The van der Waals surface area contributed by atoms with Gasteiger partial charge in [-0.3, -0.25) is 0 Å². The van der Waals surface area contributed by atoms with Crippen LogP contribution < -0.4 is 0 Å². The predicted molar refractivity (Wildman–Crippen MR) is 74.7 cm³/mol. The van der Waals surface area contributed by atoms with Crippen molar-refractivity contribution < 1.29 is 9.53 Å². The Kier molecular flexibility index (Phi) is 3.31. The van der Waals surface area contributed by atoms with Gasteiger partial charge < -0.3 is 4.74 Å². The first-order valence-electron chi connectivity index (χ1n) is 6.37. The van der Waals surface area contributed by atoms with E-state index in [9.17, 15) is 4.79 Å². The summed E-state index contributed by atoms with van der Waals surface area (Å²) < 4.78 is 4.61. The second kappa shape index (κ2) is 5.28. The van der Waals surface area contributed by atoms with Crippen molar-refractivity contribution in [1.29, 1.82) is 0 Å². The first-order chi connectivity index (χ1) is 10.2. The van der Waals surface area contributed by atoms with Gasteiger partial charge in [0.15, 0.2) is 11.3 Å². The van der Waals surface area contributed by atoms with Crippen LogP contribution in [0, 0.1) is 6.92 Å². The molecule has 7 heteroatoms. The maximum atomic E-state index is 11.4. The van der Waals surface area contributed by atoms with E-state index < -0.39 is 5.97 Å². The van der Waals surface area contributed by atoms with Gasteiger partial charge in [-0.25, -0.2) is 14.8 Å². The number of aromatic nitrogens is 5. The van der Waals surface area contributed by atoms with Gasteiger partial charge in [-0.2, -0.15) is 9.90 Å². The highest BCUT2D eigenvalue weighted by Crippen LogP contribution is 2.15. The number of ether oxygens (including phenoxy) is 1. The van der Waals surface area contributed by atoms with E-state index in [0.717, 1.165) is 16.6 Å². The van der Waals surface area contributed by atoms with Gasteiger partial charge in [-0.05, 0) is 30.7 Å². The highest BCUT2D eigenvalue weighted by atomic mass is 16.5. The molecule has 0 N–H and O–H groups in total. The summed E-state index contributed by atoms with van der Waals surface area (Å²) in [5.74, 6) is -0.501. The van der Waals surface area contributed by atoms with Crippen LogP contribution in [0.25, 0.3) is 11.0 Å². The fourth-order valence-corrected chi connectivity index (χ4v) is 2.02. The average molecular weight is 283 g/mol. The number of carbonyl (C=O) groups excluding carboxylic acids is 1. The summed E-state index contributed by atoms with van der Waals surface area (Å²) in [5.41, 5.74) is 2.73. The molecule has 0 bridgehead atoms. The summed E-state index contributed by atoms with van der Waals surface area (Å²) in [4.78, 5) is 21.5. The number of rotatable bonds is 3. The molecule has 3 rings (SSSR count). The predicted octanol–water partition coefficient (Wildman–Crippen LogP) is 1.36. The Labute approximate surface area is 120 Å². The van der Waals surface area contributed by atoms with Gasteiger partial charge in [0.2, 0.25) is 0 Å². The Bertz CT molecular complexity index is 812. The van der Waals surface area contributed by atoms with E-state index in [0.29, 0.717) is 12.2 Å². The minimum Gasteiger partial charge on any atom is -0.464 e. The molecule has 0 unspecified atom stereocenters. The number of carbonyl (C=O) groups is 1. The number of fused-ring (bicyclic) bond motifs is 1. The minimum atomic E-state index is -0.501. The Morgan fingerprint density at radius 2 is 2.29 bits per heavy atom. The first kappa shape index (κ1) is 13.2. The molecule has 3 heterocycles. The van der Waals surface area contributed by atoms with Gasteiger partial charge in [0.25, 0.3) is 0 Å². The van der Waals surface area contributed by atoms with E-state index in [-0.39, 0.29) is 5.69 Å². The molecule has 0 atom stereocenters. The molecular formula is C14H13N5O2. The number of hydrogen-bond acceptors (Lipinski definition) is 6. The van der Waals surface area contributed by atoms with Crippen LogP contribution in [0.3, 0.4) is 0 Å². The molecule has 3 aromatic heterocycles. The molecule has 3 aromatic rings. The molecule has 0 saturated heterocycles. The monoisotopic (exact) mass is 283 g/mol. The zero-order chi connectivity index (χ0) is 14.8. The number of methoxy groups -OCH3 is 1. The fraction of sp³-hybridized carbons (Fsp3) is 0.214. The standard InChI is InChI=1S/C14H13N5O2/c1-9-11(6-10-4-3-5-15-13(10)17-9)8-19-16-7-12(18-19)14(20)21-2/h3-7H,8H2,1-2H3. The number of nitrogens with zero attached hydrogens (tertiary/aromatic N) is 5. The smallest absolute Gasteiger partial charge is 0.360 e. The van der Waals surface area contributed by atoms with Crippen molar-refractivity contribution in [2.24, 2.45) is 0 Å². The van der Waals surface area contributed by atoms with E-state index >= 15 is 0 Å². The van der Waals surface area contributed by atoms with Crippen LogP contribution in [-0.4, -0.2) is 38.0 Å². The lowest BCUT2D eigenvalue weighted by atomic mass is 10.1. The van der Waals surface area contributed by atoms with Gasteiger partial charge in [0.1, 0.15) is 0 Å².